The van der Waals surface area contributed by atoms with Crippen LogP contribution < -0.4 is 10.2 Å². The van der Waals surface area contributed by atoms with E-state index < -0.39 is 0 Å². The molecule has 2 aliphatic carbocycles. The van der Waals surface area contributed by atoms with Crippen molar-refractivity contribution in [3.05, 3.63) is 22.9 Å². The Bertz CT molecular complexity index is 461. The summed E-state index contributed by atoms with van der Waals surface area (Å²) in [6.45, 7) is 5.29. The molecule has 19 heavy (non-hydrogen) atoms. The van der Waals surface area contributed by atoms with Gasteiger partial charge in [-0.2, -0.15) is 0 Å². The third-order valence-corrected chi connectivity index (χ3v) is 4.55. The van der Waals surface area contributed by atoms with Gasteiger partial charge in [0.25, 0.3) is 0 Å². The average molecular weight is 259 g/mol. The van der Waals surface area contributed by atoms with E-state index in [2.05, 4.69) is 37.2 Å². The van der Waals surface area contributed by atoms with Gasteiger partial charge in [-0.15, -0.1) is 0 Å². The van der Waals surface area contributed by atoms with Crippen LogP contribution in [0.3, 0.4) is 0 Å². The first-order valence-corrected chi connectivity index (χ1v) is 7.58. The summed E-state index contributed by atoms with van der Waals surface area (Å²) in [6, 6.07) is 3.66. The largest absolute Gasteiger partial charge is 0.356 e. The summed E-state index contributed by atoms with van der Waals surface area (Å²) >= 11 is 0. The molecule has 0 radical (unpaired) electrons. The van der Waals surface area contributed by atoms with E-state index in [0.29, 0.717) is 6.04 Å². The van der Waals surface area contributed by atoms with E-state index in [1.807, 2.05) is 0 Å². The first kappa shape index (κ1) is 12.9. The Balaban J connectivity index is 1.85. The molecular weight excluding hydrogens is 234 g/mol. The van der Waals surface area contributed by atoms with Gasteiger partial charge in [-0.25, -0.2) is 4.98 Å². The maximum Gasteiger partial charge on any atom is 0.133 e. The lowest BCUT2D eigenvalue weighted by atomic mass is 9.91. The van der Waals surface area contributed by atoms with Crippen LogP contribution in [-0.4, -0.2) is 24.1 Å². The number of nitrogens with one attached hydrogen (secondary N) is 1. The number of anilines is 1. The second kappa shape index (κ2) is 5.12. The van der Waals surface area contributed by atoms with Gasteiger partial charge < -0.3 is 10.2 Å². The van der Waals surface area contributed by atoms with E-state index in [-0.39, 0.29) is 0 Å². The Labute approximate surface area is 116 Å². The summed E-state index contributed by atoms with van der Waals surface area (Å²) in [4.78, 5) is 7.23. The second-order valence-electron chi connectivity index (χ2n) is 6.23. The predicted molar refractivity (Wildman–Crippen MR) is 79.6 cm³/mol. The molecular formula is C16H25N3. The molecule has 3 rings (SSSR count). The van der Waals surface area contributed by atoms with Gasteiger partial charge in [0.05, 0.1) is 0 Å². The molecule has 1 aromatic rings. The van der Waals surface area contributed by atoms with Crippen LogP contribution in [0.15, 0.2) is 6.07 Å². The summed E-state index contributed by atoms with van der Waals surface area (Å²) in [5, 5.41) is 3.64. The van der Waals surface area contributed by atoms with Crippen LogP contribution in [-0.2, 0) is 6.54 Å². The van der Waals surface area contributed by atoms with Crippen LogP contribution in [0.25, 0.3) is 0 Å². The minimum atomic E-state index is 0.702. The summed E-state index contributed by atoms with van der Waals surface area (Å²) < 4.78 is 0. The average Bonchev–Trinajstić information content (AvgIpc) is 3.08. The lowest BCUT2D eigenvalue weighted by Gasteiger charge is -2.37. The van der Waals surface area contributed by atoms with Gasteiger partial charge in [0, 0.05) is 36.9 Å². The van der Waals surface area contributed by atoms with Crippen LogP contribution >= 0.6 is 0 Å². The predicted octanol–water partition coefficient (Wildman–Crippen LogP) is 2.94. The van der Waals surface area contributed by atoms with E-state index in [1.165, 1.54) is 49.0 Å². The van der Waals surface area contributed by atoms with Gasteiger partial charge >= 0.3 is 0 Å². The fourth-order valence-electron chi connectivity index (χ4n) is 2.83. The van der Waals surface area contributed by atoms with Crippen molar-refractivity contribution in [3.8, 4) is 0 Å². The Kier molecular flexibility index (Phi) is 3.48. The quantitative estimate of drug-likeness (QED) is 0.881. The van der Waals surface area contributed by atoms with Crippen LogP contribution in [0, 0.1) is 13.8 Å². The van der Waals surface area contributed by atoms with Crippen molar-refractivity contribution >= 4 is 5.82 Å². The van der Waals surface area contributed by atoms with E-state index in [9.17, 15) is 0 Å². The van der Waals surface area contributed by atoms with Crippen molar-refractivity contribution < 1.29 is 0 Å². The van der Waals surface area contributed by atoms with Gasteiger partial charge in [0.2, 0.25) is 0 Å². The summed E-state index contributed by atoms with van der Waals surface area (Å²) in [5.41, 5.74) is 3.91. The molecule has 0 unspecified atom stereocenters. The SMILES string of the molecule is Cc1cc(C)c(CNC2CC2)c(N(C)C2CCC2)n1. The fourth-order valence-corrected chi connectivity index (χ4v) is 2.83. The fraction of sp³-hybridized carbons (Fsp3) is 0.688. The topological polar surface area (TPSA) is 28.2 Å². The van der Waals surface area contributed by atoms with Crippen molar-refractivity contribution in [3.63, 3.8) is 0 Å². The van der Waals surface area contributed by atoms with Crippen molar-refractivity contribution in [1.29, 1.82) is 0 Å². The van der Waals surface area contributed by atoms with Gasteiger partial charge in [-0.1, -0.05) is 0 Å². The van der Waals surface area contributed by atoms with Crippen LogP contribution in [0.1, 0.15) is 48.9 Å². The summed E-state index contributed by atoms with van der Waals surface area (Å²) in [6.07, 6.45) is 6.69. The van der Waals surface area contributed by atoms with Gasteiger partial charge in [0.1, 0.15) is 5.82 Å². The Morgan fingerprint density at radius 2 is 2.00 bits per heavy atom. The highest BCUT2D eigenvalue weighted by Crippen LogP contribution is 2.31. The third-order valence-electron chi connectivity index (χ3n) is 4.55. The molecule has 0 atom stereocenters. The highest BCUT2D eigenvalue weighted by atomic mass is 15.2. The normalized spacial score (nSPS) is 19.3. The zero-order chi connectivity index (χ0) is 13.4. The monoisotopic (exact) mass is 259 g/mol. The van der Waals surface area contributed by atoms with Crippen LogP contribution in [0.4, 0.5) is 5.82 Å². The highest BCUT2D eigenvalue weighted by molar-refractivity contribution is 5.52. The molecule has 0 aliphatic heterocycles. The lowest BCUT2D eigenvalue weighted by molar-refractivity contribution is 0.398. The molecule has 0 spiro atoms. The lowest BCUT2D eigenvalue weighted by Crippen LogP contribution is -2.38. The number of nitrogens with zero attached hydrogens (tertiary/aromatic N) is 2. The second-order valence-corrected chi connectivity index (χ2v) is 6.23. The number of aromatic nitrogens is 1. The van der Waals surface area contributed by atoms with E-state index in [4.69, 9.17) is 4.98 Å². The number of hydrogen-bond donors (Lipinski definition) is 1. The smallest absolute Gasteiger partial charge is 0.133 e. The van der Waals surface area contributed by atoms with Crippen LogP contribution in [0.2, 0.25) is 0 Å². The standard InChI is InChI=1S/C16H25N3/c1-11-9-12(2)18-16(19(3)14-5-4-6-14)15(11)10-17-13-7-8-13/h9,13-14,17H,4-8,10H2,1-3H3. The Hall–Kier alpha value is -1.09. The summed E-state index contributed by atoms with van der Waals surface area (Å²) in [7, 11) is 2.21. The molecule has 1 N–H and O–H groups in total. The maximum atomic E-state index is 4.82. The maximum absolute atomic E-state index is 4.82. The zero-order valence-electron chi connectivity index (χ0n) is 12.4. The van der Waals surface area contributed by atoms with E-state index in [1.54, 1.807) is 0 Å². The highest BCUT2D eigenvalue weighted by Gasteiger charge is 2.26. The molecule has 104 valence electrons. The Morgan fingerprint density at radius 1 is 1.26 bits per heavy atom. The van der Waals surface area contributed by atoms with E-state index in [0.717, 1.165) is 18.3 Å². The third kappa shape index (κ3) is 2.76. The molecule has 3 nitrogen and oxygen atoms in total. The van der Waals surface area contributed by atoms with Gasteiger partial charge in [-0.05, 0) is 57.6 Å². The molecule has 3 heteroatoms. The Morgan fingerprint density at radius 3 is 2.58 bits per heavy atom. The van der Waals surface area contributed by atoms with Crippen molar-refractivity contribution in [2.75, 3.05) is 11.9 Å². The van der Waals surface area contributed by atoms with Gasteiger partial charge in [0.15, 0.2) is 0 Å². The first-order chi connectivity index (χ1) is 9.15. The first-order valence-electron chi connectivity index (χ1n) is 7.58. The molecule has 2 saturated carbocycles. The van der Waals surface area contributed by atoms with Crippen molar-refractivity contribution in [2.24, 2.45) is 0 Å². The zero-order valence-corrected chi connectivity index (χ0v) is 12.4. The van der Waals surface area contributed by atoms with Crippen molar-refractivity contribution in [1.82, 2.24) is 10.3 Å². The van der Waals surface area contributed by atoms with Crippen molar-refractivity contribution in [2.45, 2.75) is 64.6 Å². The molecule has 2 fully saturated rings. The molecule has 0 saturated heterocycles. The molecule has 0 aromatic carbocycles. The molecule has 2 aliphatic rings. The number of hydrogen-bond acceptors (Lipinski definition) is 3. The minimum Gasteiger partial charge on any atom is -0.356 e. The molecule has 1 aromatic heterocycles. The minimum absolute atomic E-state index is 0.702. The van der Waals surface area contributed by atoms with Crippen LogP contribution in [0.5, 0.6) is 0 Å². The van der Waals surface area contributed by atoms with E-state index >= 15 is 0 Å². The number of pyridine rings is 1. The molecule has 0 amide bonds. The number of aryl methyl sites for hydroxylation is 2. The number of rotatable bonds is 5. The summed E-state index contributed by atoms with van der Waals surface area (Å²) in [5.74, 6) is 1.20. The van der Waals surface area contributed by atoms with Gasteiger partial charge in [-0.3, -0.25) is 0 Å². The molecule has 1 heterocycles. The molecule has 0 bridgehead atoms.